The van der Waals surface area contributed by atoms with Crippen LogP contribution in [0.2, 0.25) is 0 Å². The molecule has 1 fully saturated rings. The van der Waals surface area contributed by atoms with Crippen molar-refractivity contribution in [2.75, 3.05) is 0 Å². The fourth-order valence-corrected chi connectivity index (χ4v) is 5.03. The number of benzene rings is 3. The minimum Gasteiger partial charge on any atom is -0.206 e. The van der Waals surface area contributed by atoms with Gasteiger partial charge in [-0.05, 0) is 78.5 Å². The first kappa shape index (κ1) is 22.6. The number of aryl methyl sites for hydroxylation is 1. The zero-order valence-corrected chi connectivity index (χ0v) is 18.8. The van der Waals surface area contributed by atoms with Gasteiger partial charge in [0.2, 0.25) is 0 Å². The molecule has 3 aromatic carbocycles. The summed E-state index contributed by atoms with van der Waals surface area (Å²) in [5, 5.41) is 0.151. The highest BCUT2D eigenvalue weighted by molar-refractivity contribution is 5.89. The monoisotopic (exact) mass is 436 g/mol. The molecule has 0 aliphatic heterocycles. The number of rotatable bonds is 7. The van der Waals surface area contributed by atoms with Crippen LogP contribution in [0.3, 0.4) is 0 Å². The molecule has 0 saturated heterocycles. The molecule has 0 unspecified atom stereocenters. The lowest BCUT2D eigenvalue weighted by Gasteiger charge is -2.27. The molecule has 1 saturated carbocycles. The number of halogens is 3. The molecule has 0 heterocycles. The van der Waals surface area contributed by atoms with Crippen molar-refractivity contribution in [2.45, 2.75) is 64.2 Å². The second-order valence-corrected chi connectivity index (χ2v) is 9.12. The molecular weight excluding hydrogens is 405 g/mol. The second-order valence-electron chi connectivity index (χ2n) is 9.12. The van der Waals surface area contributed by atoms with Crippen LogP contribution in [0.1, 0.15) is 68.9 Å². The molecule has 0 spiro atoms. The van der Waals surface area contributed by atoms with Gasteiger partial charge in [-0.1, -0.05) is 62.2 Å². The maximum Gasteiger partial charge on any atom is 0.169 e. The van der Waals surface area contributed by atoms with E-state index < -0.39 is 17.5 Å². The van der Waals surface area contributed by atoms with Crippen LogP contribution in [0.15, 0.2) is 55.1 Å². The summed E-state index contributed by atoms with van der Waals surface area (Å²) in [7, 11) is 0. The third-order valence-electron chi connectivity index (χ3n) is 7.05. The van der Waals surface area contributed by atoms with Gasteiger partial charge in [0.05, 0.1) is 5.39 Å². The van der Waals surface area contributed by atoms with Gasteiger partial charge in [-0.3, -0.25) is 0 Å². The summed E-state index contributed by atoms with van der Waals surface area (Å²) >= 11 is 0. The van der Waals surface area contributed by atoms with E-state index in [1.54, 1.807) is 18.2 Å². The lowest BCUT2D eigenvalue weighted by molar-refractivity contribution is 0.376. The third kappa shape index (κ3) is 4.48. The molecule has 168 valence electrons. The molecule has 1 aliphatic rings. The van der Waals surface area contributed by atoms with Crippen molar-refractivity contribution in [1.82, 2.24) is 0 Å². The van der Waals surface area contributed by atoms with Gasteiger partial charge in [0.1, 0.15) is 5.82 Å². The van der Waals surface area contributed by atoms with E-state index in [1.165, 1.54) is 5.56 Å². The third-order valence-corrected chi connectivity index (χ3v) is 7.05. The van der Waals surface area contributed by atoms with Crippen LogP contribution in [-0.4, -0.2) is 0 Å². The quantitative estimate of drug-likeness (QED) is 0.256. The number of hydrogen-bond donors (Lipinski definition) is 0. The Hall–Kier alpha value is -2.55. The van der Waals surface area contributed by atoms with Crippen molar-refractivity contribution in [3.05, 3.63) is 83.7 Å². The highest BCUT2D eigenvalue weighted by Gasteiger charge is 2.22. The van der Waals surface area contributed by atoms with Gasteiger partial charge in [0.15, 0.2) is 11.6 Å². The Bertz CT molecular complexity index is 1090. The van der Waals surface area contributed by atoms with Crippen molar-refractivity contribution in [3.63, 3.8) is 0 Å². The smallest absolute Gasteiger partial charge is 0.169 e. The van der Waals surface area contributed by atoms with Crippen LogP contribution >= 0.6 is 0 Å². The Morgan fingerprint density at radius 2 is 1.59 bits per heavy atom. The number of fused-ring (bicyclic) bond motifs is 1. The van der Waals surface area contributed by atoms with Crippen LogP contribution in [0.5, 0.6) is 0 Å². The van der Waals surface area contributed by atoms with E-state index in [9.17, 15) is 8.78 Å². The van der Waals surface area contributed by atoms with E-state index in [0.29, 0.717) is 40.3 Å². The average Bonchev–Trinajstić information content (AvgIpc) is 2.82. The number of unbranched alkanes of at least 4 members (excludes halogenated alkanes) is 2. The van der Waals surface area contributed by atoms with Gasteiger partial charge in [-0.2, -0.15) is 0 Å². The molecule has 0 aromatic heterocycles. The van der Waals surface area contributed by atoms with Gasteiger partial charge in [0.25, 0.3) is 0 Å². The Balaban J connectivity index is 1.62. The summed E-state index contributed by atoms with van der Waals surface area (Å²) in [5.74, 6) is -1.57. The standard InChI is InChI=1S/C29H31F3/c1-3-5-6-7-24-18-23-16-17-25(28(31)26(23)29(32)27(24)30)22-14-12-21(13-15-22)20-10-8-19(4-2)9-11-20/h4,12-20H,2-3,5-11H2,1H3. The second kappa shape index (κ2) is 9.94. The van der Waals surface area contributed by atoms with Gasteiger partial charge in [-0.25, -0.2) is 13.2 Å². The van der Waals surface area contributed by atoms with Crippen LogP contribution in [0.25, 0.3) is 21.9 Å². The van der Waals surface area contributed by atoms with Gasteiger partial charge >= 0.3 is 0 Å². The van der Waals surface area contributed by atoms with Gasteiger partial charge < -0.3 is 0 Å². The first-order chi connectivity index (χ1) is 15.5. The summed E-state index contributed by atoms with van der Waals surface area (Å²) in [5.41, 5.74) is 2.56. The SMILES string of the molecule is C=CC1CCC(c2ccc(-c3ccc4cc(CCCCC)c(F)c(F)c4c3F)cc2)CC1. The fourth-order valence-electron chi connectivity index (χ4n) is 5.03. The van der Waals surface area contributed by atoms with E-state index in [4.69, 9.17) is 0 Å². The van der Waals surface area contributed by atoms with E-state index >= 15 is 4.39 Å². The zero-order valence-electron chi connectivity index (χ0n) is 18.8. The highest BCUT2D eigenvalue weighted by Crippen LogP contribution is 2.38. The van der Waals surface area contributed by atoms with Crippen molar-refractivity contribution >= 4 is 10.8 Å². The molecule has 0 nitrogen and oxygen atoms in total. The Labute approximate surface area is 189 Å². The van der Waals surface area contributed by atoms with E-state index in [-0.39, 0.29) is 5.39 Å². The Kier molecular flexibility index (Phi) is 7.03. The van der Waals surface area contributed by atoms with E-state index in [1.807, 2.05) is 24.3 Å². The predicted octanol–water partition coefficient (Wildman–Crippen LogP) is 9.12. The fraction of sp³-hybridized carbons (Fsp3) is 0.379. The van der Waals surface area contributed by atoms with Crippen LogP contribution in [-0.2, 0) is 6.42 Å². The van der Waals surface area contributed by atoms with Crippen LogP contribution in [0.4, 0.5) is 13.2 Å². The molecule has 0 atom stereocenters. The molecule has 0 amide bonds. The molecule has 1 aliphatic carbocycles. The molecule has 32 heavy (non-hydrogen) atoms. The molecule has 3 aromatic rings. The minimum absolute atomic E-state index is 0.258. The number of hydrogen-bond acceptors (Lipinski definition) is 0. The van der Waals surface area contributed by atoms with Crippen LogP contribution in [0, 0.1) is 23.4 Å². The summed E-state index contributed by atoms with van der Waals surface area (Å²) in [6.07, 6.45) is 9.84. The molecular formula is C29H31F3. The summed E-state index contributed by atoms with van der Waals surface area (Å²) in [6, 6.07) is 12.9. The zero-order chi connectivity index (χ0) is 22.7. The highest BCUT2D eigenvalue weighted by atomic mass is 19.2. The molecule has 0 N–H and O–H groups in total. The normalized spacial score (nSPS) is 18.8. The molecule has 4 rings (SSSR count). The van der Waals surface area contributed by atoms with Crippen LogP contribution < -0.4 is 0 Å². The first-order valence-electron chi connectivity index (χ1n) is 11.9. The summed E-state index contributed by atoms with van der Waals surface area (Å²) in [4.78, 5) is 0. The Morgan fingerprint density at radius 1 is 0.875 bits per heavy atom. The van der Waals surface area contributed by atoms with Crippen molar-refractivity contribution < 1.29 is 13.2 Å². The first-order valence-corrected chi connectivity index (χ1v) is 11.9. The summed E-state index contributed by atoms with van der Waals surface area (Å²) < 4.78 is 44.9. The van der Waals surface area contributed by atoms with E-state index in [0.717, 1.165) is 44.9 Å². The predicted molar refractivity (Wildman–Crippen MR) is 127 cm³/mol. The van der Waals surface area contributed by atoms with Crippen molar-refractivity contribution in [1.29, 1.82) is 0 Å². The minimum atomic E-state index is -1.08. The molecule has 0 bridgehead atoms. The topological polar surface area (TPSA) is 0 Å². The van der Waals surface area contributed by atoms with Crippen molar-refractivity contribution in [3.8, 4) is 11.1 Å². The van der Waals surface area contributed by atoms with Crippen molar-refractivity contribution in [2.24, 2.45) is 5.92 Å². The maximum absolute atomic E-state index is 15.4. The lowest BCUT2D eigenvalue weighted by Crippen LogP contribution is -2.11. The number of allylic oxidation sites excluding steroid dienone is 1. The molecule has 3 heteroatoms. The Morgan fingerprint density at radius 3 is 2.25 bits per heavy atom. The maximum atomic E-state index is 15.4. The van der Waals surface area contributed by atoms with Gasteiger partial charge in [-0.15, -0.1) is 6.58 Å². The lowest BCUT2D eigenvalue weighted by atomic mass is 9.78. The van der Waals surface area contributed by atoms with E-state index in [2.05, 4.69) is 19.6 Å². The van der Waals surface area contributed by atoms with Gasteiger partial charge in [0, 0.05) is 5.56 Å². The largest absolute Gasteiger partial charge is 0.206 e. The summed E-state index contributed by atoms with van der Waals surface area (Å²) in [6.45, 7) is 5.97. The molecule has 0 radical (unpaired) electrons. The average molecular weight is 437 g/mol.